The molecule has 2 bridgehead atoms. The number of benzene rings is 1. The van der Waals surface area contributed by atoms with E-state index in [1.54, 1.807) is 0 Å². The van der Waals surface area contributed by atoms with Crippen LogP contribution in [0.5, 0.6) is 0 Å². The predicted molar refractivity (Wildman–Crippen MR) is 92.3 cm³/mol. The maximum Gasteiger partial charge on any atom is 0.252 e. The van der Waals surface area contributed by atoms with Gasteiger partial charge in [0, 0.05) is 15.0 Å². The normalized spacial score (nSPS) is 33.2. The molecular weight excluding hydrogens is 394 g/mol. The first-order valence-electron chi connectivity index (χ1n) is 7.50. The summed E-state index contributed by atoms with van der Waals surface area (Å²) in [6.45, 7) is 6.95. The summed E-state index contributed by atoms with van der Waals surface area (Å²) >= 11 is 6.92. The zero-order valence-corrected chi connectivity index (χ0v) is 15.8. The molecule has 21 heavy (non-hydrogen) atoms. The van der Waals surface area contributed by atoms with Gasteiger partial charge in [-0.3, -0.25) is 4.79 Å². The maximum absolute atomic E-state index is 12.7. The summed E-state index contributed by atoms with van der Waals surface area (Å²) in [5.74, 6) is 0.758. The number of carbonyl (C=O) groups is 1. The molecule has 0 radical (unpaired) electrons. The van der Waals surface area contributed by atoms with Gasteiger partial charge in [0.1, 0.15) is 0 Å². The molecule has 114 valence electrons. The molecule has 0 spiro atoms. The van der Waals surface area contributed by atoms with Crippen LogP contribution in [0, 0.1) is 16.7 Å². The van der Waals surface area contributed by atoms with E-state index in [-0.39, 0.29) is 22.8 Å². The number of rotatable bonds is 2. The first-order valence-corrected chi connectivity index (χ1v) is 9.08. The second kappa shape index (κ2) is 5.09. The van der Waals surface area contributed by atoms with E-state index in [1.165, 1.54) is 19.3 Å². The molecule has 3 rings (SSSR count). The summed E-state index contributed by atoms with van der Waals surface area (Å²) in [6, 6.07) is 5.97. The number of hydrogen-bond donors (Lipinski definition) is 1. The zero-order chi connectivity index (χ0) is 15.4. The quantitative estimate of drug-likeness (QED) is 0.711. The van der Waals surface area contributed by atoms with Crippen molar-refractivity contribution in [3.63, 3.8) is 0 Å². The van der Waals surface area contributed by atoms with Gasteiger partial charge >= 0.3 is 0 Å². The van der Waals surface area contributed by atoms with Crippen molar-refractivity contribution in [3.8, 4) is 0 Å². The van der Waals surface area contributed by atoms with Gasteiger partial charge in [0.2, 0.25) is 0 Å². The fraction of sp³-hybridized carbons (Fsp3) is 0.588. The summed E-state index contributed by atoms with van der Waals surface area (Å²) in [5.41, 5.74) is 1.13. The van der Waals surface area contributed by atoms with Gasteiger partial charge in [0.15, 0.2) is 0 Å². The average molecular weight is 415 g/mol. The van der Waals surface area contributed by atoms with Crippen LogP contribution in [-0.2, 0) is 0 Å². The monoisotopic (exact) mass is 413 g/mol. The van der Waals surface area contributed by atoms with Crippen LogP contribution in [0.15, 0.2) is 27.1 Å². The summed E-state index contributed by atoms with van der Waals surface area (Å²) < 4.78 is 1.77. The van der Waals surface area contributed by atoms with Crippen molar-refractivity contribution in [2.75, 3.05) is 0 Å². The van der Waals surface area contributed by atoms with Crippen LogP contribution in [-0.4, -0.2) is 11.9 Å². The molecule has 3 atom stereocenters. The standard InChI is InChI=1S/C17H21Br2NO/c1-16(2)10-6-7-17(3,9-10)15(16)20-14(21)12-8-11(18)4-5-13(12)19/h4-5,8,10,15H,6-7,9H2,1-3H3,(H,20,21). The van der Waals surface area contributed by atoms with Gasteiger partial charge in [-0.05, 0) is 70.1 Å². The predicted octanol–water partition coefficient (Wildman–Crippen LogP) is 5.16. The highest BCUT2D eigenvalue weighted by Crippen LogP contribution is 2.62. The number of amides is 1. The van der Waals surface area contributed by atoms with Crippen molar-refractivity contribution in [1.29, 1.82) is 0 Å². The molecule has 3 unspecified atom stereocenters. The van der Waals surface area contributed by atoms with Crippen LogP contribution in [0.1, 0.15) is 50.4 Å². The first-order chi connectivity index (χ1) is 9.74. The molecule has 2 nitrogen and oxygen atoms in total. The van der Waals surface area contributed by atoms with Gasteiger partial charge in [0.05, 0.1) is 5.56 Å². The van der Waals surface area contributed by atoms with Crippen molar-refractivity contribution in [2.45, 2.75) is 46.1 Å². The molecule has 1 amide bonds. The van der Waals surface area contributed by atoms with Crippen molar-refractivity contribution >= 4 is 37.8 Å². The third-order valence-electron chi connectivity index (χ3n) is 5.72. The Morgan fingerprint density at radius 3 is 2.62 bits per heavy atom. The van der Waals surface area contributed by atoms with Gasteiger partial charge in [0.25, 0.3) is 5.91 Å². The number of nitrogens with one attached hydrogen (secondary N) is 1. The Labute approximate surface area is 143 Å². The fourth-order valence-electron chi connectivity index (χ4n) is 4.54. The molecule has 0 saturated heterocycles. The highest BCUT2D eigenvalue weighted by Gasteiger charge is 2.59. The number of fused-ring (bicyclic) bond motifs is 2. The topological polar surface area (TPSA) is 29.1 Å². The molecule has 2 fully saturated rings. The van der Waals surface area contributed by atoms with E-state index in [0.717, 1.165) is 14.9 Å². The van der Waals surface area contributed by atoms with Gasteiger partial charge in [-0.25, -0.2) is 0 Å². The number of carbonyl (C=O) groups excluding carboxylic acids is 1. The van der Waals surface area contributed by atoms with Crippen LogP contribution < -0.4 is 5.32 Å². The van der Waals surface area contributed by atoms with E-state index < -0.39 is 0 Å². The van der Waals surface area contributed by atoms with E-state index in [0.29, 0.717) is 5.56 Å². The van der Waals surface area contributed by atoms with Gasteiger partial charge in [-0.2, -0.15) is 0 Å². The fourth-order valence-corrected chi connectivity index (χ4v) is 5.33. The SMILES string of the molecule is CC12CCC(C1)C(C)(C)C2NC(=O)c1cc(Br)ccc1Br. The van der Waals surface area contributed by atoms with Gasteiger partial charge in [-0.15, -0.1) is 0 Å². The van der Waals surface area contributed by atoms with Crippen LogP contribution in [0.3, 0.4) is 0 Å². The number of halogens is 2. The average Bonchev–Trinajstić information content (AvgIpc) is 2.88. The third kappa shape index (κ3) is 2.48. The summed E-state index contributed by atoms with van der Waals surface area (Å²) in [5, 5.41) is 3.34. The Kier molecular flexibility index (Phi) is 3.77. The van der Waals surface area contributed by atoms with Crippen LogP contribution >= 0.6 is 31.9 Å². The zero-order valence-electron chi connectivity index (χ0n) is 12.7. The minimum atomic E-state index is 0.0232. The molecule has 0 aromatic heterocycles. The first kappa shape index (κ1) is 15.5. The largest absolute Gasteiger partial charge is 0.348 e. The summed E-state index contributed by atoms with van der Waals surface area (Å²) in [4.78, 5) is 12.7. The Balaban J connectivity index is 1.86. The van der Waals surface area contributed by atoms with E-state index >= 15 is 0 Å². The molecular formula is C17H21Br2NO. The second-order valence-electron chi connectivity index (χ2n) is 7.45. The lowest BCUT2D eigenvalue weighted by Gasteiger charge is -2.43. The number of hydrogen-bond acceptors (Lipinski definition) is 1. The Hall–Kier alpha value is -0.350. The minimum Gasteiger partial charge on any atom is -0.348 e. The van der Waals surface area contributed by atoms with Gasteiger partial charge < -0.3 is 5.32 Å². The highest BCUT2D eigenvalue weighted by atomic mass is 79.9. The van der Waals surface area contributed by atoms with E-state index in [9.17, 15) is 4.79 Å². The minimum absolute atomic E-state index is 0.0232. The molecule has 1 aromatic rings. The second-order valence-corrected chi connectivity index (χ2v) is 9.22. The molecule has 1 aromatic carbocycles. The Bertz CT molecular complexity index is 594. The maximum atomic E-state index is 12.7. The smallest absolute Gasteiger partial charge is 0.252 e. The highest BCUT2D eigenvalue weighted by molar-refractivity contribution is 9.11. The van der Waals surface area contributed by atoms with Crippen LogP contribution in [0.2, 0.25) is 0 Å². The Morgan fingerprint density at radius 1 is 1.29 bits per heavy atom. The van der Waals surface area contributed by atoms with Crippen molar-refractivity contribution in [1.82, 2.24) is 5.32 Å². The van der Waals surface area contributed by atoms with Crippen molar-refractivity contribution < 1.29 is 4.79 Å². The molecule has 2 saturated carbocycles. The van der Waals surface area contributed by atoms with Crippen LogP contribution in [0.25, 0.3) is 0 Å². The molecule has 0 heterocycles. The molecule has 2 aliphatic carbocycles. The van der Waals surface area contributed by atoms with Crippen LogP contribution in [0.4, 0.5) is 0 Å². The van der Waals surface area contributed by atoms with E-state index in [1.807, 2.05) is 18.2 Å². The van der Waals surface area contributed by atoms with Gasteiger partial charge in [-0.1, -0.05) is 36.7 Å². The molecule has 1 N–H and O–H groups in total. The van der Waals surface area contributed by atoms with Crippen molar-refractivity contribution in [2.24, 2.45) is 16.7 Å². The lowest BCUT2D eigenvalue weighted by Crippen LogP contribution is -2.52. The molecule has 4 heteroatoms. The lowest BCUT2D eigenvalue weighted by atomic mass is 9.68. The van der Waals surface area contributed by atoms with Crippen molar-refractivity contribution in [3.05, 3.63) is 32.7 Å². The van der Waals surface area contributed by atoms with E-state index in [4.69, 9.17) is 0 Å². The van der Waals surface area contributed by atoms with E-state index in [2.05, 4.69) is 57.9 Å². The Morgan fingerprint density at radius 2 is 2.00 bits per heavy atom. The third-order valence-corrected chi connectivity index (χ3v) is 6.90. The summed E-state index contributed by atoms with van der Waals surface area (Å²) in [7, 11) is 0. The lowest BCUT2D eigenvalue weighted by molar-refractivity contribution is 0.0737. The summed E-state index contributed by atoms with van der Waals surface area (Å²) in [6.07, 6.45) is 3.77. The molecule has 0 aliphatic heterocycles. The molecule has 2 aliphatic rings.